The van der Waals surface area contributed by atoms with Crippen LogP contribution in [0.15, 0.2) is 53.4 Å². The molecule has 0 radical (unpaired) electrons. The van der Waals surface area contributed by atoms with Crippen molar-refractivity contribution in [3.05, 3.63) is 59.7 Å². The third-order valence-electron chi connectivity index (χ3n) is 5.97. The van der Waals surface area contributed by atoms with Crippen LogP contribution in [-0.2, 0) is 32.3 Å². The van der Waals surface area contributed by atoms with Crippen LogP contribution >= 0.6 is 0 Å². The highest BCUT2D eigenvalue weighted by Crippen LogP contribution is 2.39. The average Bonchev–Trinajstić information content (AvgIpc) is 3.54. The third kappa shape index (κ3) is 4.98. The van der Waals surface area contributed by atoms with Crippen molar-refractivity contribution in [2.45, 2.75) is 50.0 Å². The SMILES string of the molecule is C[C@@H]1Cc2cc(S(=O)(=O)CCC(=O)NCCc3ccccc3)ccc2N1C(=O)C1CC1. The molecule has 1 heterocycles. The summed E-state index contributed by atoms with van der Waals surface area (Å²) in [7, 11) is -3.58. The maximum absolute atomic E-state index is 12.8. The van der Waals surface area contributed by atoms with Crippen LogP contribution in [0.2, 0.25) is 0 Å². The van der Waals surface area contributed by atoms with Gasteiger partial charge >= 0.3 is 0 Å². The number of hydrogen-bond donors (Lipinski definition) is 1. The standard InChI is InChI=1S/C24H28N2O4S/c1-17-15-20-16-21(9-10-22(20)26(17)24(28)19-7-8-19)31(29,30)14-12-23(27)25-13-11-18-5-3-2-4-6-18/h2-6,9-10,16-17,19H,7-8,11-15H2,1H3,(H,25,27)/t17-/m1/s1. The Morgan fingerprint density at radius 2 is 1.84 bits per heavy atom. The first kappa shape index (κ1) is 21.6. The second-order valence-electron chi connectivity index (χ2n) is 8.48. The number of anilines is 1. The minimum Gasteiger partial charge on any atom is -0.356 e. The molecule has 164 valence electrons. The van der Waals surface area contributed by atoms with E-state index in [4.69, 9.17) is 0 Å². The summed E-state index contributed by atoms with van der Waals surface area (Å²) in [5, 5.41) is 2.79. The van der Waals surface area contributed by atoms with E-state index in [2.05, 4.69) is 5.32 Å². The van der Waals surface area contributed by atoms with Gasteiger partial charge in [-0.05, 0) is 61.9 Å². The predicted octanol–water partition coefficient (Wildman–Crippen LogP) is 2.90. The highest BCUT2D eigenvalue weighted by atomic mass is 32.2. The second-order valence-corrected chi connectivity index (χ2v) is 10.6. The molecule has 2 aromatic carbocycles. The van der Waals surface area contributed by atoms with E-state index < -0.39 is 9.84 Å². The molecule has 1 aliphatic carbocycles. The number of benzene rings is 2. The Labute approximate surface area is 183 Å². The van der Waals surface area contributed by atoms with E-state index in [1.165, 1.54) is 0 Å². The molecule has 6 nitrogen and oxygen atoms in total. The van der Waals surface area contributed by atoms with Crippen LogP contribution in [-0.4, -0.2) is 38.6 Å². The molecule has 2 aromatic rings. The van der Waals surface area contributed by atoms with Crippen LogP contribution in [0.5, 0.6) is 0 Å². The van der Waals surface area contributed by atoms with Gasteiger partial charge in [-0.25, -0.2) is 8.42 Å². The van der Waals surface area contributed by atoms with E-state index in [-0.39, 0.29) is 40.8 Å². The molecule has 4 rings (SSSR count). The number of hydrogen-bond acceptors (Lipinski definition) is 4. The Balaban J connectivity index is 1.34. The first-order chi connectivity index (χ1) is 14.8. The molecule has 0 aromatic heterocycles. The number of nitrogens with one attached hydrogen (secondary N) is 1. The highest BCUT2D eigenvalue weighted by molar-refractivity contribution is 7.91. The summed E-state index contributed by atoms with van der Waals surface area (Å²) in [6.45, 7) is 2.47. The van der Waals surface area contributed by atoms with Gasteiger partial charge in [-0.3, -0.25) is 9.59 Å². The zero-order valence-corrected chi connectivity index (χ0v) is 18.5. The van der Waals surface area contributed by atoms with Crippen LogP contribution < -0.4 is 10.2 Å². The summed E-state index contributed by atoms with van der Waals surface area (Å²) >= 11 is 0. The maximum Gasteiger partial charge on any atom is 0.230 e. The van der Waals surface area contributed by atoms with Crippen molar-refractivity contribution in [1.82, 2.24) is 5.32 Å². The number of rotatable bonds is 8. The summed E-state index contributed by atoms with van der Waals surface area (Å²) < 4.78 is 25.6. The van der Waals surface area contributed by atoms with Crippen LogP contribution in [0.25, 0.3) is 0 Å². The van der Waals surface area contributed by atoms with Crippen molar-refractivity contribution < 1.29 is 18.0 Å². The van der Waals surface area contributed by atoms with Crippen LogP contribution in [0.1, 0.15) is 37.3 Å². The first-order valence-electron chi connectivity index (χ1n) is 10.8. The quantitative estimate of drug-likeness (QED) is 0.684. The van der Waals surface area contributed by atoms with Gasteiger partial charge in [0.2, 0.25) is 11.8 Å². The van der Waals surface area contributed by atoms with Crippen molar-refractivity contribution in [1.29, 1.82) is 0 Å². The smallest absolute Gasteiger partial charge is 0.230 e. The first-order valence-corrected chi connectivity index (χ1v) is 12.5. The molecule has 7 heteroatoms. The van der Waals surface area contributed by atoms with Gasteiger partial charge in [0.25, 0.3) is 0 Å². The summed E-state index contributed by atoms with van der Waals surface area (Å²) in [6.07, 6.45) is 3.17. The molecule has 2 aliphatic rings. The lowest BCUT2D eigenvalue weighted by Crippen LogP contribution is -2.36. The van der Waals surface area contributed by atoms with E-state index >= 15 is 0 Å². The minimum atomic E-state index is -3.58. The highest BCUT2D eigenvalue weighted by Gasteiger charge is 2.39. The minimum absolute atomic E-state index is 0.0384. The van der Waals surface area contributed by atoms with Crippen molar-refractivity contribution in [3.63, 3.8) is 0 Å². The summed E-state index contributed by atoms with van der Waals surface area (Å²) in [5.41, 5.74) is 2.83. The number of amides is 2. The molecular formula is C24H28N2O4S. The van der Waals surface area contributed by atoms with Gasteiger partial charge in [-0.15, -0.1) is 0 Å². The summed E-state index contributed by atoms with van der Waals surface area (Å²) in [5.74, 6) is -0.231. The van der Waals surface area contributed by atoms with Gasteiger partial charge in [-0.2, -0.15) is 0 Å². The van der Waals surface area contributed by atoms with Crippen LogP contribution in [0.4, 0.5) is 5.69 Å². The Hall–Kier alpha value is -2.67. The van der Waals surface area contributed by atoms with Gasteiger partial charge in [0, 0.05) is 30.6 Å². The zero-order valence-electron chi connectivity index (χ0n) is 17.7. The lowest BCUT2D eigenvalue weighted by atomic mass is 10.1. The van der Waals surface area contributed by atoms with E-state index in [0.717, 1.165) is 29.7 Å². The van der Waals surface area contributed by atoms with Gasteiger partial charge in [0.15, 0.2) is 9.84 Å². The molecule has 1 saturated carbocycles. The lowest BCUT2D eigenvalue weighted by molar-refractivity contribution is -0.121. The molecule has 1 atom stereocenters. The fourth-order valence-electron chi connectivity index (χ4n) is 4.09. The third-order valence-corrected chi connectivity index (χ3v) is 7.68. The molecular weight excluding hydrogens is 412 g/mol. The molecule has 0 bridgehead atoms. The number of carbonyl (C=O) groups excluding carboxylic acids is 2. The van der Waals surface area contributed by atoms with E-state index in [1.54, 1.807) is 18.2 Å². The summed E-state index contributed by atoms with van der Waals surface area (Å²) in [6, 6.07) is 14.8. The number of nitrogens with zero attached hydrogens (tertiary/aromatic N) is 1. The van der Waals surface area contributed by atoms with Crippen molar-refractivity contribution >= 4 is 27.3 Å². The van der Waals surface area contributed by atoms with E-state index in [9.17, 15) is 18.0 Å². The number of fused-ring (bicyclic) bond motifs is 1. The second kappa shape index (κ2) is 8.83. The number of sulfone groups is 1. The van der Waals surface area contributed by atoms with Crippen LogP contribution in [0.3, 0.4) is 0 Å². The summed E-state index contributed by atoms with van der Waals surface area (Å²) in [4.78, 5) is 26.7. The van der Waals surface area contributed by atoms with Crippen molar-refractivity contribution in [2.24, 2.45) is 5.92 Å². The Kier molecular flexibility index (Phi) is 6.14. The zero-order chi connectivity index (χ0) is 22.0. The van der Waals surface area contributed by atoms with Gasteiger partial charge in [0.05, 0.1) is 10.6 Å². The molecule has 31 heavy (non-hydrogen) atoms. The lowest BCUT2D eigenvalue weighted by Gasteiger charge is -2.22. The van der Waals surface area contributed by atoms with E-state index in [0.29, 0.717) is 19.4 Å². The van der Waals surface area contributed by atoms with Crippen LogP contribution in [0, 0.1) is 5.92 Å². The maximum atomic E-state index is 12.8. The fourth-order valence-corrected chi connectivity index (χ4v) is 5.37. The Morgan fingerprint density at radius 1 is 1.10 bits per heavy atom. The predicted molar refractivity (Wildman–Crippen MR) is 120 cm³/mol. The largest absolute Gasteiger partial charge is 0.356 e. The fraction of sp³-hybridized carbons (Fsp3) is 0.417. The van der Waals surface area contributed by atoms with Crippen molar-refractivity contribution in [2.75, 3.05) is 17.2 Å². The molecule has 1 aliphatic heterocycles. The molecule has 1 fully saturated rings. The normalized spacial score (nSPS) is 18.0. The Bertz CT molecular complexity index is 1080. The Morgan fingerprint density at radius 3 is 2.55 bits per heavy atom. The molecule has 0 saturated heterocycles. The monoisotopic (exact) mass is 440 g/mol. The molecule has 2 amide bonds. The van der Waals surface area contributed by atoms with Gasteiger partial charge in [0.1, 0.15) is 0 Å². The average molecular weight is 441 g/mol. The molecule has 0 unspecified atom stereocenters. The topological polar surface area (TPSA) is 83.6 Å². The van der Waals surface area contributed by atoms with E-state index in [1.807, 2.05) is 42.2 Å². The molecule has 0 spiro atoms. The molecule has 1 N–H and O–H groups in total. The van der Waals surface area contributed by atoms with Gasteiger partial charge in [-0.1, -0.05) is 30.3 Å². The van der Waals surface area contributed by atoms with Gasteiger partial charge < -0.3 is 10.2 Å². The van der Waals surface area contributed by atoms with Crippen molar-refractivity contribution in [3.8, 4) is 0 Å². The number of carbonyl (C=O) groups is 2.